The largest absolute Gasteiger partial charge is 0.366 e. The second-order valence-corrected chi connectivity index (χ2v) is 7.98. The first-order valence-corrected chi connectivity index (χ1v) is 8.77. The molecule has 1 aromatic carbocycles. The molecule has 0 bridgehead atoms. The lowest BCUT2D eigenvalue weighted by atomic mass is 10.2. The lowest BCUT2D eigenvalue weighted by Crippen LogP contribution is -2.21. The molecule has 1 fully saturated rings. The normalized spacial score (nSPS) is 21.2. The highest BCUT2D eigenvalue weighted by molar-refractivity contribution is 9.10. The zero-order valence-corrected chi connectivity index (χ0v) is 12.8. The van der Waals surface area contributed by atoms with Crippen LogP contribution in [0.2, 0.25) is 0 Å². The Morgan fingerprint density at radius 3 is 2.85 bits per heavy atom. The van der Waals surface area contributed by atoms with Crippen LogP contribution in [0.15, 0.2) is 28.7 Å². The van der Waals surface area contributed by atoms with Gasteiger partial charge in [-0.25, -0.2) is 17.8 Å². The number of pyridine rings is 1. The summed E-state index contributed by atoms with van der Waals surface area (Å²) in [6, 6.07) is 6.51. The minimum absolute atomic E-state index is 0.120. The van der Waals surface area contributed by atoms with Gasteiger partial charge in [0.25, 0.3) is 0 Å². The van der Waals surface area contributed by atoms with Crippen LogP contribution in [-0.2, 0) is 9.84 Å². The van der Waals surface area contributed by atoms with Crippen molar-refractivity contribution in [3.63, 3.8) is 0 Å². The predicted octanol–water partition coefficient (Wildman–Crippen LogP) is 2.74. The molecule has 1 aromatic heterocycles. The molecule has 106 valence electrons. The molecule has 0 radical (unpaired) electrons. The van der Waals surface area contributed by atoms with E-state index in [-0.39, 0.29) is 23.4 Å². The maximum Gasteiger partial charge on any atom is 0.152 e. The summed E-state index contributed by atoms with van der Waals surface area (Å²) >= 11 is 3.13. The minimum atomic E-state index is -2.93. The number of sulfone groups is 1. The molecule has 1 atom stereocenters. The maximum absolute atomic E-state index is 13.5. The molecule has 0 saturated carbocycles. The molecule has 7 heteroatoms. The van der Waals surface area contributed by atoms with Gasteiger partial charge < -0.3 is 5.32 Å². The molecule has 1 unspecified atom stereocenters. The third-order valence-electron chi connectivity index (χ3n) is 3.32. The molecule has 1 saturated heterocycles. The monoisotopic (exact) mass is 358 g/mol. The van der Waals surface area contributed by atoms with E-state index in [2.05, 4.69) is 26.2 Å². The number of nitrogens with one attached hydrogen (secondary N) is 1. The zero-order valence-electron chi connectivity index (χ0n) is 10.4. The number of rotatable bonds is 2. The fourth-order valence-electron chi connectivity index (χ4n) is 2.32. The Hall–Kier alpha value is -1.21. The molecule has 4 nitrogen and oxygen atoms in total. The summed E-state index contributed by atoms with van der Waals surface area (Å²) in [5, 5.41) is 3.92. The van der Waals surface area contributed by atoms with E-state index in [0.29, 0.717) is 22.2 Å². The van der Waals surface area contributed by atoms with E-state index < -0.39 is 9.84 Å². The number of benzene rings is 1. The van der Waals surface area contributed by atoms with E-state index in [4.69, 9.17) is 0 Å². The molecule has 0 amide bonds. The summed E-state index contributed by atoms with van der Waals surface area (Å²) < 4.78 is 36.7. The van der Waals surface area contributed by atoms with Crippen molar-refractivity contribution in [2.75, 3.05) is 16.8 Å². The molecule has 1 aliphatic heterocycles. The molecular weight excluding hydrogens is 347 g/mol. The third kappa shape index (κ3) is 2.78. The number of hydrogen-bond donors (Lipinski definition) is 1. The molecule has 2 aromatic rings. The Labute approximate surface area is 124 Å². The Balaban J connectivity index is 1.88. The van der Waals surface area contributed by atoms with E-state index in [9.17, 15) is 12.8 Å². The van der Waals surface area contributed by atoms with Gasteiger partial charge >= 0.3 is 0 Å². The van der Waals surface area contributed by atoms with Crippen LogP contribution in [0.5, 0.6) is 0 Å². The average molecular weight is 359 g/mol. The molecule has 20 heavy (non-hydrogen) atoms. The molecule has 3 rings (SSSR count). The Bertz CT molecular complexity index is 779. The van der Waals surface area contributed by atoms with Crippen molar-refractivity contribution in [1.29, 1.82) is 0 Å². The molecule has 0 aliphatic carbocycles. The van der Waals surface area contributed by atoms with Gasteiger partial charge in [0.15, 0.2) is 9.84 Å². The van der Waals surface area contributed by atoms with E-state index in [1.165, 1.54) is 6.07 Å². The second-order valence-electron chi connectivity index (χ2n) is 4.90. The van der Waals surface area contributed by atoms with Crippen LogP contribution in [-0.4, -0.2) is 30.9 Å². The van der Waals surface area contributed by atoms with Crippen molar-refractivity contribution in [3.8, 4) is 0 Å². The highest BCUT2D eigenvalue weighted by Gasteiger charge is 2.27. The fraction of sp³-hybridized carbons (Fsp3) is 0.308. The topological polar surface area (TPSA) is 59.1 Å². The molecule has 1 aliphatic rings. The van der Waals surface area contributed by atoms with Crippen LogP contribution in [0.25, 0.3) is 10.9 Å². The highest BCUT2D eigenvalue weighted by Crippen LogP contribution is 2.24. The van der Waals surface area contributed by atoms with Crippen LogP contribution < -0.4 is 5.32 Å². The average Bonchev–Trinajstić information content (AvgIpc) is 2.70. The van der Waals surface area contributed by atoms with E-state index in [1.54, 1.807) is 12.1 Å². The smallest absolute Gasteiger partial charge is 0.152 e. The molecular formula is C13H12BrFN2O2S. The molecule has 0 spiro atoms. The summed E-state index contributed by atoms with van der Waals surface area (Å²) in [4.78, 5) is 4.32. The van der Waals surface area contributed by atoms with Crippen LogP contribution in [0, 0.1) is 5.82 Å². The van der Waals surface area contributed by atoms with Gasteiger partial charge in [0.1, 0.15) is 11.6 Å². The zero-order chi connectivity index (χ0) is 14.3. The maximum atomic E-state index is 13.5. The van der Waals surface area contributed by atoms with Gasteiger partial charge in [-0.1, -0.05) is 0 Å². The standard InChI is InChI=1S/C13H12BrFN2O2S/c14-10-5-8-1-2-13(17-12(8)6-11(10)15)16-9-3-4-20(18,19)7-9/h1-2,5-6,9H,3-4,7H2,(H,16,17). The predicted molar refractivity (Wildman–Crippen MR) is 80.1 cm³/mol. The van der Waals surface area contributed by atoms with Crippen molar-refractivity contribution in [2.45, 2.75) is 12.5 Å². The highest BCUT2D eigenvalue weighted by atomic mass is 79.9. The first-order valence-electron chi connectivity index (χ1n) is 6.16. The number of aromatic nitrogens is 1. The Kier molecular flexibility index (Phi) is 3.41. The van der Waals surface area contributed by atoms with Crippen LogP contribution in [0.1, 0.15) is 6.42 Å². The summed E-state index contributed by atoms with van der Waals surface area (Å²) in [6.45, 7) is 0. The van der Waals surface area contributed by atoms with Crippen LogP contribution in [0.4, 0.5) is 10.2 Å². The fourth-order valence-corrected chi connectivity index (χ4v) is 4.35. The third-order valence-corrected chi connectivity index (χ3v) is 5.69. The summed E-state index contributed by atoms with van der Waals surface area (Å²) in [7, 11) is -2.93. The van der Waals surface area contributed by atoms with Gasteiger partial charge in [0.2, 0.25) is 0 Å². The van der Waals surface area contributed by atoms with Gasteiger partial charge in [-0.15, -0.1) is 0 Å². The summed E-state index contributed by atoms with van der Waals surface area (Å²) in [5.41, 5.74) is 0.538. The first kappa shape index (κ1) is 13.8. The lowest BCUT2D eigenvalue weighted by Gasteiger charge is -2.12. The van der Waals surface area contributed by atoms with Crippen LogP contribution in [0.3, 0.4) is 0 Å². The van der Waals surface area contributed by atoms with E-state index >= 15 is 0 Å². The van der Waals surface area contributed by atoms with Gasteiger partial charge in [-0.05, 0) is 40.5 Å². The molecule has 2 heterocycles. The van der Waals surface area contributed by atoms with Crippen molar-refractivity contribution in [2.24, 2.45) is 0 Å². The van der Waals surface area contributed by atoms with Crippen LogP contribution >= 0.6 is 15.9 Å². The lowest BCUT2D eigenvalue weighted by molar-refractivity contribution is 0.602. The van der Waals surface area contributed by atoms with E-state index in [1.807, 2.05) is 6.07 Å². The second kappa shape index (κ2) is 4.96. The first-order chi connectivity index (χ1) is 9.43. The number of anilines is 1. The number of halogens is 2. The van der Waals surface area contributed by atoms with Gasteiger partial charge in [-0.3, -0.25) is 0 Å². The van der Waals surface area contributed by atoms with Gasteiger partial charge in [-0.2, -0.15) is 0 Å². The number of fused-ring (bicyclic) bond motifs is 1. The van der Waals surface area contributed by atoms with Crippen molar-refractivity contribution < 1.29 is 12.8 Å². The SMILES string of the molecule is O=S1(=O)CCC(Nc2ccc3cc(Br)c(F)cc3n2)C1. The Morgan fingerprint density at radius 1 is 1.35 bits per heavy atom. The summed E-state index contributed by atoms with van der Waals surface area (Å²) in [5.74, 6) is 0.535. The van der Waals surface area contributed by atoms with Crippen molar-refractivity contribution in [3.05, 3.63) is 34.6 Å². The van der Waals surface area contributed by atoms with Gasteiger partial charge in [0, 0.05) is 17.5 Å². The van der Waals surface area contributed by atoms with Crippen molar-refractivity contribution in [1.82, 2.24) is 4.98 Å². The minimum Gasteiger partial charge on any atom is -0.366 e. The molecule has 1 N–H and O–H groups in total. The number of hydrogen-bond acceptors (Lipinski definition) is 4. The number of nitrogens with zero attached hydrogens (tertiary/aromatic N) is 1. The quantitative estimate of drug-likeness (QED) is 0.896. The van der Waals surface area contributed by atoms with E-state index in [0.717, 1.165) is 5.39 Å². The Morgan fingerprint density at radius 2 is 2.15 bits per heavy atom. The summed E-state index contributed by atoms with van der Waals surface area (Å²) in [6.07, 6.45) is 0.580. The van der Waals surface area contributed by atoms with Gasteiger partial charge in [0.05, 0.1) is 21.5 Å². The van der Waals surface area contributed by atoms with Crippen molar-refractivity contribution >= 4 is 42.5 Å².